The van der Waals surface area contributed by atoms with Crippen LogP contribution in [-0.2, 0) is 0 Å². The molecule has 104 valence electrons. The van der Waals surface area contributed by atoms with Gasteiger partial charge < -0.3 is 10.4 Å². The molecule has 3 nitrogen and oxygen atoms in total. The normalized spacial score (nSPS) is 22.5. The van der Waals surface area contributed by atoms with Crippen molar-refractivity contribution in [3.05, 3.63) is 34.1 Å². The Labute approximate surface area is 120 Å². The Kier molecular flexibility index (Phi) is 4.93. The van der Waals surface area contributed by atoms with E-state index in [0.717, 1.165) is 19.3 Å². The van der Waals surface area contributed by atoms with Gasteiger partial charge in [-0.3, -0.25) is 4.79 Å². The molecule has 1 saturated carbocycles. The van der Waals surface area contributed by atoms with Gasteiger partial charge in [-0.25, -0.2) is 4.39 Å². The van der Waals surface area contributed by atoms with Crippen LogP contribution in [0.2, 0.25) is 0 Å². The molecule has 0 radical (unpaired) electrons. The van der Waals surface area contributed by atoms with Gasteiger partial charge in [-0.2, -0.15) is 0 Å². The first-order valence-corrected chi connectivity index (χ1v) is 7.26. The second kappa shape index (κ2) is 6.48. The molecule has 1 aromatic rings. The Morgan fingerprint density at radius 2 is 2.16 bits per heavy atom. The fourth-order valence-corrected chi connectivity index (χ4v) is 3.07. The minimum Gasteiger partial charge on any atom is -0.396 e. The van der Waals surface area contributed by atoms with Crippen LogP contribution in [0.3, 0.4) is 0 Å². The summed E-state index contributed by atoms with van der Waals surface area (Å²) in [5.74, 6) is -0.130. The van der Waals surface area contributed by atoms with Crippen molar-refractivity contribution in [1.29, 1.82) is 0 Å². The molecule has 1 aromatic carbocycles. The van der Waals surface area contributed by atoms with Gasteiger partial charge in [0.2, 0.25) is 0 Å². The second-order valence-electron chi connectivity index (χ2n) is 4.95. The standard InChI is InChI=1S/C14H17BrFNO2/c15-13-11(5-2-6-12(13)16)14(19)17-7-9-3-1-4-10(9)8-18/h2,5-6,9-10,18H,1,3-4,7-8H2,(H,17,19). The van der Waals surface area contributed by atoms with Crippen molar-refractivity contribution in [1.82, 2.24) is 5.32 Å². The molecule has 1 amide bonds. The average molecular weight is 330 g/mol. The maximum Gasteiger partial charge on any atom is 0.252 e. The van der Waals surface area contributed by atoms with E-state index in [1.54, 1.807) is 6.07 Å². The lowest BCUT2D eigenvalue weighted by Gasteiger charge is -2.18. The van der Waals surface area contributed by atoms with Crippen LogP contribution in [0.15, 0.2) is 22.7 Å². The van der Waals surface area contributed by atoms with E-state index in [4.69, 9.17) is 0 Å². The number of carbonyl (C=O) groups excluding carboxylic acids is 1. The summed E-state index contributed by atoms with van der Waals surface area (Å²) in [5, 5.41) is 12.1. The predicted octanol–water partition coefficient (Wildman–Crippen LogP) is 2.73. The Bertz CT molecular complexity index is 467. The monoisotopic (exact) mass is 329 g/mol. The van der Waals surface area contributed by atoms with Crippen molar-refractivity contribution in [3.8, 4) is 0 Å². The number of rotatable bonds is 4. The first-order valence-electron chi connectivity index (χ1n) is 6.46. The third kappa shape index (κ3) is 3.34. The number of benzene rings is 1. The van der Waals surface area contributed by atoms with E-state index in [2.05, 4.69) is 21.2 Å². The van der Waals surface area contributed by atoms with Gasteiger partial charge in [-0.05, 0) is 52.7 Å². The number of hydrogen-bond donors (Lipinski definition) is 2. The molecular formula is C14H17BrFNO2. The summed E-state index contributed by atoms with van der Waals surface area (Å²) >= 11 is 3.08. The molecule has 0 saturated heterocycles. The van der Waals surface area contributed by atoms with Crippen molar-refractivity contribution < 1.29 is 14.3 Å². The summed E-state index contributed by atoms with van der Waals surface area (Å²) in [6.45, 7) is 0.706. The van der Waals surface area contributed by atoms with Crippen molar-refractivity contribution in [2.45, 2.75) is 19.3 Å². The molecule has 0 bridgehead atoms. The summed E-state index contributed by atoms with van der Waals surface area (Å²) in [5.41, 5.74) is 0.304. The van der Waals surface area contributed by atoms with Crippen molar-refractivity contribution in [2.75, 3.05) is 13.2 Å². The maximum atomic E-state index is 13.3. The Morgan fingerprint density at radius 3 is 2.89 bits per heavy atom. The van der Waals surface area contributed by atoms with Crippen LogP contribution in [0, 0.1) is 17.7 Å². The number of carbonyl (C=O) groups is 1. The molecule has 2 rings (SSSR count). The number of aliphatic hydroxyl groups excluding tert-OH is 1. The molecule has 1 fully saturated rings. The van der Waals surface area contributed by atoms with Crippen molar-refractivity contribution in [3.63, 3.8) is 0 Å². The molecule has 0 spiro atoms. The maximum absolute atomic E-state index is 13.3. The van der Waals surface area contributed by atoms with Crippen molar-refractivity contribution >= 4 is 21.8 Å². The van der Waals surface area contributed by atoms with Crippen LogP contribution in [0.25, 0.3) is 0 Å². The lowest BCUT2D eigenvalue weighted by atomic mass is 9.97. The van der Waals surface area contributed by atoms with E-state index in [9.17, 15) is 14.3 Å². The zero-order valence-corrected chi connectivity index (χ0v) is 12.1. The molecule has 1 aliphatic carbocycles. The molecular weight excluding hydrogens is 313 g/mol. The number of hydrogen-bond acceptors (Lipinski definition) is 2. The summed E-state index contributed by atoms with van der Waals surface area (Å²) in [4.78, 5) is 12.0. The number of amides is 1. The third-order valence-electron chi connectivity index (χ3n) is 3.77. The summed E-state index contributed by atoms with van der Waals surface area (Å²) in [7, 11) is 0. The van der Waals surface area contributed by atoms with Gasteiger partial charge in [0.15, 0.2) is 0 Å². The SMILES string of the molecule is O=C(NCC1CCCC1CO)c1cccc(F)c1Br. The lowest BCUT2D eigenvalue weighted by molar-refractivity contribution is 0.0936. The Balaban J connectivity index is 1.96. The van der Waals surface area contributed by atoms with Crippen LogP contribution in [-0.4, -0.2) is 24.2 Å². The van der Waals surface area contributed by atoms with Gasteiger partial charge in [-0.1, -0.05) is 12.5 Å². The highest BCUT2D eigenvalue weighted by Gasteiger charge is 2.27. The van der Waals surface area contributed by atoms with Crippen LogP contribution in [0.1, 0.15) is 29.6 Å². The van der Waals surface area contributed by atoms with Crippen LogP contribution in [0.4, 0.5) is 4.39 Å². The molecule has 2 N–H and O–H groups in total. The molecule has 5 heteroatoms. The Morgan fingerprint density at radius 1 is 1.42 bits per heavy atom. The first-order chi connectivity index (χ1) is 9.13. The largest absolute Gasteiger partial charge is 0.396 e. The minimum atomic E-state index is -0.443. The Hall–Kier alpha value is -0.940. The number of halogens is 2. The highest BCUT2D eigenvalue weighted by molar-refractivity contribution is 9.10. The fraction of sp³-hybridized carbons (Fsp3) is 0.500. The zero-order chi connectivity index (χ0) is 13.8. The molecule has 0 aliphatic heterocycles. The summed E-state index contributed by atoms with van der Waals surface area (Å²) in [6.07, 6.45) is 3.13. The van der Waals surface area contributed by atoms with E-state index in [0.29, 0.717) is 18.0 Å². The molecule has 2 unspecified atom stereocenters. The molecule has 0 aromatic heterocycles. The summed E-state index contributed by atoms with van der Waals surface area (Å²) < 4.78 is 13.5. The number of nitrogens with one attached hydrogen (secondary N) is 1. The van der Waals surface area contributed by atoms with Crippen LogP contribution < -0.4 is 5.32 Å². The predicted molar refractivity (Wildman–Crippen MR) is 74.4 cm³/mol. The van der Waals surface area contributed by atoms with E-state index < -0.39 is 5.82 Å². The average Bonchev–Trinajstić information content (AvgIpc) is 2.86. The first kappa shape index (κ1) is 14.5. The second-order valence-corrected chi connectivity index (χ2v) is 5.74. The van der Waals surface area contributed by atoms with Gasteiger partial charge in [0.05, 0.1) is 10.0 Å². The van der Waals surface area contributed by atoms with E-state index in [1.807, 2.05) is 0 Å². The van der Waals surface area contributed by atoms with Gasteiger partial charge >= 0.3 is 0 Å². The van der Waals surface area contributed by atoms with Crippen LogP contribution >= 0.6 is 15.9 Å². The van der Waals surface area contributed by atoms with Gasteiger partial charge in [-0.15, -0.1) is 0 Å². The minimum absolute atomic E-state index is 0.171. The molecule has 19 heavy (non-hydrogen) atoms. The van der Waals surface area contributed by atoms with Crippen LogP contribution in [0.5, 0.6) is 0 Å². The number of aliphatic hydroxyl groups is 1. The van der Waals surface area contributed by atoms with Gasteiger partial charge in [0.1, 0.15) is 5.82 Å². The summed E-state index contributed by atoms with van der Waals surface area (Å²) in [6, 6.07) is 4.40. The zero-order valence-electron chi connectivity index (χ0n) is 10.5. The quantitative estimate of drug-likeness (QED) is 0.892. The van der Waals surface area contributed by atoms with Gasteiger partial charge in [0, 0.05) is 13.2 Å². The van der Waals surface area contributed by atoms with Gasteiger partial charge in [0.25, 0.3) is 5.91 Å². The smallest absolute Gasteiger partial charge is 0.252 e. The topological polar surface area (TPSA) is 49.3 Å². The third-order valence-corrected chi connectivity index (χ3v) is 4.58. The lowest BCUT2D eigenvalue weighted by Crippen LogP contribution is -2.32. The van der Waals surface area contributed by atoms with Crippen molar-refractivity contribution in [2.24, 2.45) is 11.8 Å². The molecule has 1 aliphatic rings. The van der Waals surface area contributed by atoms with E-state index in [-0.39, 0.29) is 22.9 Å². The fourth-order valence-electron chi connectivity index (χ4n) is 2.62. The van der Waals surface area contributed by atoms with E-state index in [1.165, 1.54) is 12.1 Å². The highest BCUT2D eigenvalue weighted by Crippen LogP contribution is 2.30. The van der Waals surface area contributed by atoms with E-state index >= 15 is 0 Å². The highest BCUT2D eigenvalue weighted by atomic mass is 79.9. The molecule has 0 heterocycles. The molecule has 2 atom stereocenters.